The predicted molar refractivity (Wildman–Crippen MR) is 126 cm³/mol. The number of likely N-dealkylation sites (N-methyl/N-ethyl adjacent to an activating group) is 1. The number of amides is 1. The molecule has 1 fully saturated rings. The van der Waals surface area contributed by atoms with Crippen LogP contribution >= 0.6 is 0 Å². The van der Waals surface area contributed by atoms with Gasteiger partial charge in [-0.15, -0.1) is 0 Å². The van der Waals surface area contributed by atoms with Crippen molar-refractivity contribution in [3.05, 3.63) is 101 Å². The summed E-state index contributed by atoms with van der Waals surface area (Å²) in [5, 5.41) is 14.3. The van der Waals surface area contributed by atoms with Gasteiger partial charge in [0.1, 0.15) is 0 Å². The van der Waals surface area contributed by atoms with Gasteiger partial charge in [0, 0.05) is 49.6 Å². The minimum atomic E-state index is -0.483. The average Bonchev–Trinajstić information content (AvgIpc) is 3.31. The fourth-order valence-corrected chi connectivity index (χ4v) is 4.36. The van der Waals surface area contributed by atoms with Gasteiger partial charge in [-0.1, -0.05) is 48.5 Å². The van der Waals surface area contributed by atoms with E-state index in [1.165, 1.54) is 5.56 Å². The number of carbonyl (C=O) groups excluding carboxylic acids is 1. The van der Waals surface area contributed by atoms with E-state index in [1.807, 2.05) is 79.8 Å². The number of benzene rings is 2. The maximum absolute atomic E-state index is 12.7. The van der Waals surface area contributed by atoms with Gasteiger partial charge in [0.2, 0.25) is 0 Å². The lowest BCUT2D eigenvalue weighted by Crippen LogP contribution is -2.35. The van der Waals surface area contributed by atoms with Crippen LogP contribution in [0.1, 0.15) is 46.1 Å². The van der Waals surface area contributed by atoms with Crippen LogP contribution in [0, 0.1) is 0 Å². The number of hydrogen-bond acceptors (Lipinski definition) is 4. The van der Waals surface area contributed by atoms with Crippen LogP contribution in [0.5, 0.6) is 0 Å². The molecule has 0 bridgehead atoms. The molecule has 1 aliphatic heterocycles. The molecule has 3 aromatic rings. The number of aliphatic hydroxyl groups is 1. The van der Waals surface area contributed by atoms with Crippen molar-refractivity contribution in [2.75, 3.05) is 13.6 Å². The van der Waals surface area contributed by atoms with Crippen molar-refractivity contribution in [3.63, 3.8) is 0 Å². The Morgan fingerprint density at radius 1 is 1.06 bits per heavy atom. The number of rotatable bonds is 8. The van der Waals surface area contributed by atoms with Gasteiger partial charge in [-0.25, -0.2) is 0 Å². The van der Waals surface area contributed by atoms with Gasteiger partial charge in [0.25, 0.3) is 5.91 Å². The summed E-state index contributed by atoms with van der Waals surface area (Å²) in [5.74, 6) is 0.0255. The van der Waals surface area contributed by atoms with Crippen LogP contribution in [-0.4, -0.2) is 46.6 Å². The van der Waals surface area contributed by atoms with E-state index >= 15 is 0 Å². The first kappa shape index (κ1) is 22.2. The van der Waals surface area contributed by atoms with Crippen LogP contribution < -0.4 is 5.32 Å². The fourth-order valence-electron chi connectivity index (χ4n) is 4.36. The zero-order valence-electron chi connectivity index (χ0n) is 18.5. The largest absolute Gasteiger partial charge is 0.387 e. The molecular weight excluding hydrogens is 398 g/mol. The van der Waals surface area contributed by atoms with Crippen LogP contribution in [0.2, 0.25) is 0 Å². The van der Waals surface area contributed by atoms with Gasteiger partial charge in [0.05, 0.1) is 6.10 Å². The van der Waals surface area contributed by atoms with Gasteiger partial charge >= 0.3 is 0 Å². The molecule has 2 N–H and O–H groups in total. The van der Waals surface area contributed by atoms with Crippen LogP contribution in [0.4, 0.5) is 0 Å². The van der Waals surface area contributed by atoms with Crippen LogP contribution in [0.15, 0.2) is 79.0 Å². The van der Waals surface area contributed by atoms with E-state index < -0.39 is 6.10 Å². The van der Waals surface area contributed by atoms with Gasteiger partial charge in [0.15, 0.2) is 0 Å². The lowest BCUT2D eigenvalue weighted by Gasteiger charge is -2.20. The molecule has 4 rings (SSSR count). The summed E-state index contributed by atoms with van der Waals surface area (Å²) in [7, 11) is 1.83. The predicted octanol–water partition coefficient (Wildman–Crippen LogP) is 3.79. The number of carbonyl (C=O) groups is 1. The van der Waals surface area contributed by atoms with Gasteiger partial charge in [-0.05, 0) is 54.7 Å². The van der Waals surface area contributed by atoms with Crippen molar-refractivity contribution in [3.8, 4) is 0 Å². The van der Waals surface area contributed by atoms with Crippen LogP contribution in [0.25, 0.3) is 0 Å². The van der Waals surface area contributed by atoms with E-state index in [0.717, 1.165) is 36.9 Å². The number of aliphatic hydroxyl groups excluding tert-OH is 1. The van der Waals surface area contributed by atoms with Crippen molar-refractivity contribution in [1.82, 2.24) is 15.2 Å². The second-order valence-corrected chi connectivity index (χ2v) is 8.60. The molecule has 1 saturated heterocycles. The molecule has 1 aliphatic rings. The number of aromatic nitrogens is 1. The first-order valence-corrected chi connectivity index (χ1v) is 11.3. The smallest absolute Gasteiger partial charge is 0.253 e. The maximum Gasteiger partial charge on any atom is 0.253 e. The van der Waals surface area contributed by atoms with Gasteiger partial charge < -0.3 is 15.3 Å². The molecule has 0 aliphatic carbocycles. The molecule has 2 heterocycles. The highest BCUT2D eigenvalue weighted by Gasteiger charge is 2.29. The second-order valence-electron chi connectivity index (χ2n) is 8.60. The molecule has 0 spiro atoms. The zero-order chi connectivity index (χ0) is 22.3. The molecule has 0 saturated carbocycles. The van der Waals surface area contributed by atoms with Gasteiger partial charge in [-0.2, -0.15) is 0 Å². The molecular formula is C27H31N3O2. The third kappa shape index (κ3) is 5.61. The number of pyridine rings is 1. The van der Waals surface area contributed by atoms with E-state index in [1.54, 1.807) is 11.1 Å². The van der Waals surface area contributed by atoms with E-state index in [-0.39, 0.29) is 11.9 Å². The van der Waals surface area contributed by atoms with Crippen molar-refractivity contribution in [1.29, 1.82) is 0 Å². The molecule has 3 atom stereocenters. The van der Waals surface area contributed by atoms with Crippen molar-refractivity contribution in [2.45, 2.75) is 43.9 Å². The quantitative estimate of drug-likeness (QED) is 0.572. The molecule has 32 heavy (non-hydrogen) atoms. The highest BCUT2D eigenvalue weighted by atomic mass is 16.3. The first-order chi connectivity index (χ1) is 15.6. The van der Waals surface area contributed by atoms with Gasteiger partial charge in [-0.3, -0.25) is 9.78 Å². The molecule has 5 nitrogen and oxygen atoms in total. The summed E-state index contributed by atoms with van der Waals surface area (Å²) in [6.07, 6.45) is 4.92. The van der Waals surface area contributed by atoms with Crippen molar-refractivity contribution < 1.29 is 9.90 Å². The van der Waals surface area contributed by atoms with Crippen LogP contribution in [0.3, 0.4) is 0 Å². The minimum Gasteiger partial charge on any atom is -0.387 e. The average molecular weight is 430 g/mol. The standard InChI is InChI=1S/C27H31N3O2/c1-30(18-16-23-9-5-6-17-28-23)27(32)22-12-10-20(11-13-22)19-24-14-15-25(29-24)26(31)21-7-3-2-4-8-21/h2-13,17,24-26,29,31H,14-16,18-19H2,1H3/t24-,25+,26?/m0/s1. The Balaban J connectivity index is 1.28. The minimum absolute atomic E-state index is 0.0255. The summed E-state index contributed by atoms with van der Waals surface area (Å²) in [5.41, 5.74) is 3.85. The zero-order valence-corrected chi connectivity index (χ0v) is 18.5. The highest BCUT2D eigenvalue weighted by molar-refractivity contribution is 5.94. The summed E-state index contributed by atoms with van der Waals surface area (Å²) < 4.78 is 0. The fraction of sp³-hybridized carbons (Fsp3) is 0.333. The summed E-state index contributed by atoms with van der Waals surface area (Å²) in [4.78, 5) is 18.8. The van der Waals surface area contributed by atoms with E-state index in [0.29, 0.717) is 18.2 Å². The normalized spacial score (nSPS) is 18.9. The van der Waals surface area contributed by atoms with E-state index in [2.05, 4.69) is 10.3 Å². The lowest BCUT2D eigenvalue weighted by molar-refractivity contribution is 0.0796. The Labute approximate surface area is 190 Å². The monoisotopic (exact) mass is 429 g/mol. The Bertz CT molecular complexity index is 992. The molecule has 5 heteroatoms. The Kier molecular flexibility index (Phi) is 7.30. The Morgan fingerprint density at radius 3 is 2.53 bits per heavy atom. The highest BCUT2D eigenvalue weighted by Crippen LogP contribution is 2.26. The first-order valence-electron chi connectivity index (χ1n) is 11.3. The Hall–Kier alpha value is -3.02. The third-order valence-corrected chi connectivity index (χ3v) is 6.26. The molecule has 1 aromatic heterocycles. The van der Waals surface area contributed by atoms with E-state index in [9.17, 15) is 9.90 Å². The number of hydrogen-bond donors (Lipinski definition) is 2. The molecule has 166 valence electrons. The maximum atomic E-state index is 12.7. The molecule has 2 aromatic carbocycles. The van der Waals surface area contributed by atoms with Crippen LogP contribution in [-0.2, 0) is 12.8 Å². The SMILES string of the molecule is CN(CCc1ccccn1)C(=O)c1ccc(C[C@@H]2CC[C@H](C(O)c3ccccc3)N2)cc1. The van der Waals surface area contributed by atoms with E-state index in [4.69, 9.17) is 0 Å². The molecule has 1 amide bonds. The molecule has 0 radical (unpaired) electrons. The Morgan fingerprint density at radius 2 is 1.81 bits per heavy atom. The summed E-state index contributed by atoms with van der Waals surface area (Å²) >= 11 is 0. The lowest BCUT2D eigenvalue weighted by atomic mass is 10.0. The third-order valence-electron chi connectivity index (χ3n) is 6.26. The molecule has 1 unspecified atom stereocenters. The topological polar surface area (TPSA) is 65.5 Å². The summed E-state index contributed by atoms with van der Waals surface area (Å²) in [6.45, 7) is 0.634. The summed E-state index contributed by atoms with van der Waals surface area (Å²) in [6, 6.07) is 24.0. The second kappa shape index (κ2) is 10.5. The number of nitrogens with zero attached hydrogens (tertiary/aromatic N) is 2. The number of nitrogens with one attached hydrogen (secondary N) is 1. The van der Waals surface area contributed by atoms with Crippen molar-refractivity contribution >= 4 is 5.91 Å². The van der Waals surface area contributed by atoms with Crippen molar-refractivity contribution in [2.24, 2.45) is 0 Å².